The number of hydrogen-bond donors (Lipinski definition) is 0. The fraction of sp³-hybridized carbons (Fsp3) is 0. The van der Waals surface area contributed by atoms with Gasteiger partial charge in [0.05, 0.1) is 45.8 Å². The molecule has 0 fully saturated rings. The van der Waals surface area contributed by atoms with Gasteiger partial charge >= 0.3 is 86.1 Å². The van der Waals surface area contributed by atoms with E-state index in [1.165, 1.54) is 0 Å². The molecule has 0 radical (unpaired) electrons. The van der Waals surface area contributed by atoms with Crippen LogP contribution in [0, 0.1) is 175 Å². The third-order valence-corrected chi connectivity index (χ3v) is 0. The van der Waals surface area contributed by atoms with Crippen molar-refractivity contribution >= 4 is 23.1 Å². The van der Waals surface area contributed by atoms with E-state index in [4.69, 9.17) is 138 Å². The molecule has 0 amide bonds. The van der Waals surface area contributed by atoms with Crippen LogP contribution in [0.4, 0.5) is 0 Å². The molecule has 0 spiro atoms. The van der Waals surface area contributed by atoms with Gasteiger partial charge in [0.1, 0.15) is 0 Å². The van der Waals surface area contributed by atoms with Gasteiger partial charge in [0, 0.05) is 0 Å². The SMILES string of the molecule is O=[N+]([O-])[O-].O=[N+]([O-])[O-].O=[N+]([O-])[O-].O=[N+]([O-])[O-].O=[N+]([O-])[O-].O=[N+]([O-])[O-].O=[N+]([O-])[O-].O=[N+]([O-])[O-].O=[N+]([O-])[O-].[Mg+2].[Tm+3].[Zr+4]. The predicted molar refractivity (Wildman–Crippen MR) is 99.0 cm³/mol. The molecule has 0 heterocycles. The minimum atomic E-state index is -1.75. The van der Waals surface area contributed by atoms with Crippen LogP contribution >= 0.6 is 0 Å². The van der Waals surface area contributed by atoms with Crippen LogP contribution in [-0.4, -0.2) is 68.8 Å². The molecule has 0 aliphatic heterocycles. The van der Waals surface area contributed by atoms with Gasteiger partial charge < -0.3 is 138 Å². The van der Waals surface area contributed by atoms with E-state index in [0.717, 1.165) is 0 Å². The second kappa shape index (κ2) is 69.9. The summed E-state index contributed by atoms with van der Waals surface area (Å²) in [4.78, 5) is 74.2. The van der Waals surface area contributed by atoms with E-state index in [1.807, 2.05) is 0 Å². The van der Waals surface area contributed by atoms with Gasteiger partial charge in [-0.2, -0.15) is 0 Å². The molecule has 0 atom stereocenters. The second-order valence-corrected chi connectivity index (χ2v) is 2.01. The number of rotatable bonds is 0. The summed E-state index contributed by atoms with van der Waals surface area (Å²) in [5.74, 6) is 0. The Labute approximate surface area is 268 Å². The maximum atomic E-state index is 8.25. The molecule has 0 rings (SSSR count). The first-order chi connectivity index (χ1) is 15.6. The number of nitrogens with zero attached hydrogens (tertiary/aromatic N) is 9. The summed E-state index contributed by atoms with van der Waals surface area (Å²) in [6.07, 6.45) is 0. The molecular weight excluding hydrogens is 842 g/mol. The van der Waals surface area contributed by atoms with Crippen LogP contribution in [0.1, 0.15) is 0 Å². The van der Waals surface area contributed by atoms with E-state index in [9.17, 15) is 0 Å². The van der Waals surface area contributed by atoms with E-state index in [-0.39, 0.29) is 86.1 Å². The van der Waals surface area contributed by atoms with Gasteiger partial charge in [0.2, 0.25) is 0 Å². The summed E-state index contributed by atoms with van der Waals surface area (Å²) < 4.78 is 0. The summed E-state index contributed by atoms with van der Waals surface area (Å²) >= 11 is 0. The van der Waals surface area contributed by atoms with Crippen LogP contribution in [0.2, 0.25) is 0 Å². The second-order valence-electron chi connectivity index (χ2n) is 2.01. The van der Waals surface area contributed by atoms with Gasteiger partial charge in [-0.3, -0.25) is 0 Å². The first kappa shape index (κ1) is 76.5. The van der Waals surface area contributed by atoms with Gasteiger partial charge in [-0.1, -0.05) is 0 Å². The monoisotopic (exact) mass is 841 g/mol. The van der Waals surface area contributed by atoms with Crippen LogP contribution in [0.25, 0.3) is 0 Å². The molecule has 39 heteroatoms. The fourth-order valence-corrected chi connectivity index (χ4v) is 0. The van der Waals surface area contributed by atoms with Crippen molar-refractivity contribution in [2.75, 3.05) is 0 Å². The van der Waals surface area contributed by atoms with Crippen molar-refractivity contribution in [3.63, 3.8) is 0 Å². The van der Waals surface area contributed by atoms with Crippen LogP contribution in [0.5, 0.6) is 0 Å². The molecule has 0 aromatic rings. The maximum absolute atomic E-state index is 8.25. The Morgan fingerprint density at radius 3 is 0.231 bits per heavy atom. The van der Waals surface area contributed by atoms with Crippen molar-refractivity contribution in [3.05, 3.63) is 138 Å². The third kappa shape index (κ3) is 1810. The van der Waals surface area contributed by atoms with E-state index in [1.54, 1.807) is 0 Å². The van der Waals surface area contributed by atoms with Crippen molar-refractivity contribution in [2.45, 2.75) is 0 Å². The van der Waals surface area contributed by atoms with Gasteiger partial charge in [-0.15, -0.1) is 0 Å². The number of hydrogen-bond acceptors (Lipinski definition) is 27. The quantitative estimate of drug-likeness (QED) is 0.138. The smallest absolute Gasteiger partial charge is 0.356 e. The van der Waals surface area contributed by atoms with E-state index < -0.39 is 45.8 Å². The molecule has 226 valence electrons. The van der Waals surface area contributed by atoms with E-state index in [0.29, 0.717) is 0 Å². The molecule has 39 heavy (non-hydrogen) atoms. The molecule has 0 bridgehead atoms. The standard InChI is InChI=1S/Mg.9NO3.Tm.Zr/c;9*2-1(3)4;;/q+2;9*-1;+3;+4. The molecule has 0 aromatic heterocycles. The topological polar surface area (TPSA) is 596 Å². The van der Waals surface area contributed by atoms with E-state index in [2.05, 4.69) is 0 Å². The van der Waals surface area contributed by atoms with Gasteiger partial charge in [-0.25, -0.2) is 0 Å². The largest absolute Gasteiger partial charge is 4.00 e. The first-order valence-electron chi connectivity index (χ1n) is 4.93. The summed E-state index contributed by atoms with van der Waals surface area (Å²) in [5.41, 5.74) is 0. The molecule has 36 nitrogen and oxygen atoms in total. The van der Waals surface area contributed by atoms with Gasteiger partial charge in [-0.05, 0) is 0 Å². The normalized spacial score (nSPS) is 5.54. The van der Waals surface area contributed by atoms with Crippen LogP contribution in [-0.2, 0) is 26.2 Å². The molecule has 0 saturated carbocycles. The van der Waals surface area contributed by atoms with Crippen molar-refractivity contribution < 1.29 is 109 Å². The minimum Gasteiger partial charge on any atom is -0.356 e. The van der Waals surface area contributed by atoms with E-state index >= 15 is 0 Å². The molecule has 0 aliphatic rings. The first-order valence-corrected chi connectivity index (χ1v) is 4.93. The van der Waals surface area contributed by atoms with Crippen LogP contribution in [0.15, 0.2) is 0 Å². The van der Waals surface area contributed by atoms with Gasteiger partial charge in [0.25, 0.3) is 0 Å². The molecular formula is MgN9O27TmZr. The molecule has 0 aromatic carbocycles. The Bertz CT molecular complexity index is 428. The zero-order valence-electron chi connectivity index (χ0n) is 16.5. The summed E-state index contributed by atoms with van der Waals surface area (Å²) in [6.45, 7) is 0. The average Bonchev–Trinajstić information content (AvgIpc) is 2.39. The Kier molecular flexibility index (Phi) is 137. The molecule has 0 aliphatic carbocycles. The van der Waals surface area contributed by atoms with Crippen molar-refractivity contribution in [1.29, 1.82) is 0 Å². The van der Waals surface area contributed by atoms with Crippen LogP contribution < -0.4 is 0 Å². The Hall–Kier alpha value is -4.32. The zero-order valence-corrected chi connectivity index (χ0v) is 22.2. The zero-order chi connectivity index (χ0) is 32.2. The summed E-state index contributed by atoms with van der Waals surface area (Å²) in [6, 6.07) is 0. The Morgan fingerprint density at radius 2 is 0.231 bits per heavy atom. The van der Waals surface area contributed by atoms with Crippen molar-refractivity contribution in [3.8, 4) is 0 Å². The predicted octanol–water partition coefficient (Wildman–Crippen LogP) is -2.54. The Morgan fingerprint density at radius 1 is 0.231 bits per heavy atom. The average molecular weight is 842 g/mol. The maximum Gasteiger partial charge on any atom is 4.00 e. The van der Waals surface area contributed by atoms with Crippen molar-refractivity contribution in [1.82, 2.24) is 0 Å². The molecule has 0 N–H and O–H groups in total. The van der Waals surface area contributed by atoms with Crippen molar-refractivity contribution in [2.24, 2.45) is 0 Å². The fourth-order valence-electron chi connectivity index (χ4n) is 0. The minimum absolute atomic E-state index is 0. The van der Waals surface area contributed by atoms with Gasteiger partial charge in [0.15, 0.2) is 0 Å². The Balaban J connectivity index is -0.0000000208. The molecule has 0 unspecified atom stereocenters. The third-order valence-electron chi connectivity index (χ3n) is 0. The summed E-state index contributed by atoms with van der Waals surface area (Å²) in [7, 11) is 0. The van der Waals surface area contributed by atoms with Crippen LogP contribution in [0.3, 0.4) is 0 Å². The summed E-state index contributed by atoms with van der Waals surface area (Å²) in [5, 5.41) is 133. The molecule has 0 saturated heterocycles.